The van der Waals surface area contributed by atoms with Crippen molar-refractivity contribution < 1.29 is 9.53 Å². The summed E-state index contributed by atoms with van der Waals surface area (Å²) in [7, 11) is 0. The van der Waals surface area contributed by atoms with E-state index in [-0.39, 0.29) is 12.5 Å². The Kier molecular flexibility index (Phi) is 5.08. The molecule has 1 aliphatic rings. The Morgan fingerprint density at radius 3 is 2.62 bits per heavy atom. The third-order valence-corrected chi connectivity index (χ3v) is 5.46. The van der Waals surface area contributed by atoms with Crippen LogP contribution < -0.4 is 4.90 Å². The van der Waals surface area contributed by atoms with Crippen molar-refractivity contribution in [1.82, 2.24) is 14.9 Å². The van der Waals surface area contributed by atoms with Crippen LogP contribution in [0, 0.1) is 0 Å². The standard InChI is InChI=1S/C19H20N4O2S/c24-19(14-25-13-18-21-16-3-1-2-4-17(16)26-18)23-11-9-22(10-12-23)15-5-7-20-8-6-15/h1-8H,9-14H2. The molecule has 3 heterocycles. The Morgan fingerprint density at radius 2 is 1.85 bits per heavy atom. The van der Waals surface area contributed by atoms with Crippen LogP contribution in [0.2, 0.25) is 0 Å². The van der Waals surface area contributed by atoms with Gasteiger partial charge in [0, 0.05) is 44.3 Å². The van der Waals surface area contributed by atoms with E-state index >= 15 is 0 Å². The van der Waals surface area contributed by atoms with Gasteiger partial charge < -0.3 is 14.5 Å². The SMILES string of the molecule is O=C(COCc1nc2ccccc2s1)N1CCN(c2ccncc2)CC1. The first-order valence-electron chi connectivity index (χ1n) is 8.64. The number of amides is 1. The lowest BCUT2D eigenvalue weighted by Gasteiger charge is -2.36. The smallest absolute Gasteiger partial charge is 0.248 e. The summed E-state index contributed by atoms with van der Waals surface area (Å²) in [6, 6.07) is 12.0. The average molecular weight is 368 g/mol. The van der Waals surface area contributed by atoms with Gasteiger partial charge in [0.1, 0.15) is 11.6 Å². The lowest BCUT2D eigenvalue weighted by atomic mass is 10.2. The Morgan fingerprint density at radius 1 is 1.08 bits per heavy atom. The first-order chi connectivity index (χ1) is 12.8. The van der Waals surface area contributed by atoms with Gasteiger partial charge in [0.25, 0.3) is 0 Å². The number of carbonyl (C=O) groups excluding carboxylic acids is 1. The predicted molar refractivity (Wildman–Crippen MR) is 102 cm³/mol. The van der Waals surface area contributed by atoms with Crippen LogP contribution in [-0.4, -0.2) is 53.6 Å². The lowest BCUT2D eigenvalue weighted by Crippen LogP contribution is -2.49. The van der Waals surface area contributed by atoms with Gasteiger partial charge in [-0.1, -0.05) is 12.1 Å². The molecule has 0 unspecified atom stereocenters. The third kappa shape index (κ3) is 3.84. The van der Waals surface area contributed by atoms with Crippen molar-refractivity contribution in [2.24, 2.45) is 0 Å². The number of para-hydroxylation sites is 1. The minimum absolute atomic E-state index is 0.0421. The maximum absolute atomic E-state index is 12.4. The van der Waals surface area contributed by atoms with Crippen molar-refractivity contribution in [2.75, 3.05) is 37.7 Å². The average Bonchev–Trinajstić information content (AvgIpc) is 3.11. The van der Waals surface area contributed by atoms with E-state index in [4.69, 9.17) is 4.74 Å². The van der Waals surface area contributed by atoms with Gasteiger partial charge in [0.05, 0.1) is 16.8 Å². The van der Waals surface area contributed by atoms with Crippen LogP contribution in [-0.2, 0) is 16.1 Å². The van der Waals surface area contributed by atoms with Crippen molar-refractivity contribution in [3.63, 3.8) is 0 Å². The normalized spacial score (nSPS) is 14.8. The third-order valence-electron chi connectivity index (χ3n) is 4.45. The molecular weight excluding hydrogens is 348 g/mol. The lowest BCUT2D eigenvalue weighted by molar-refractivity contribution is -0.136. The van der Waals surface area contributed by atoms with Gasteiger partial charge in [-0.05, 0) is 24.3 Å². The first kappa shape index (κ1) is 16.9. The zero-order valence-corrected chi connectivity index (χ0v) is 15.2. The fourth-order valence-corrected chi connectivity index (χ4v) is 3.97. The Labute approximate surface area is 156 Å². The van der Waals surface area contributed by atoms with Gasteiger partial charge in [0.15, 0.2) is 0 Å². The molecule has 0 saturated carbocycles. The van der Waals surface area contributed by atoms with Gasteiger partial charge in [-0.2, -0.15) is 0 Å². The molecule has 26 heavy (non-hydrogen) atoms. The first-order valence-corrected chi connectivity index (χ1v) is 9.46. The summed E-state index contributed by atoms with van der Waals surface area (Å²) in [6.45, 7) is 3.56. The van der Waals surface area contributed by atoms with E-state index in [0.717, 1.165) is 34.0 Å². The van der Waals surface area contributed by atoms with Crippen LogP contribution >= 0.6 is 11.3 Å². The van der Waals surface area contributed by atoms with Gasteiger partial charge in [0.2, 0.25) is 5.91 Å². The number of benzene rings is 1. The number of hydrogen-bond acceptors (Lipinski definition) is 6. The van der Waals surface area contributed by atoms with Gasteiger partial charge in [-0.25, -0.2) is 4.98 Å². The summed E-state index contributed by atoms with van der Waals surface area (Å²) >= 11 is 1.61. The highest BCUT2D eigenvalue weighted by atomic mass is 32.1. The minimum atomic E-state index is 0.0421. The number of pyridine rings is 1. The van der Waals surface area contributed by atoms with E-state index in [1.54, 1.807) is 23.7 Å². The molecule has 0 bridgehead atoms. The van der Waals surface area contributed by atoms with Crippen LogP contribution in [0.25, 0.3) is 10.2 Å². The topological polar surface area (TPSA) is 58.6 Å². The number of nitrogens with zero attached hydrogens (tertiary/aromatic N) is 4. The highest BCUT2D eigenvalue weighted by Crippen LogP contribution is 2.22. The van der Waals surface area contributed by atoms with E-state index in [0.29, 0.717) is 19.7 Å². The Hall–Kier alpha value is -2.51. The minimum Gasteiger partial charge on any atom is -0.368 e. The zero-order valence-electron chi connectivity index (χ0n) is 14.4. The van der Waals surface area contributed by atoms with E-state index in [1.165, 1.54) is 0 Å². The molecule has 7 heteroatoms. The van der Waals surface area contributed by atoms with Gasteiger partial charge in [-0.3, -0.25) is 9.78 Å². The number of carbonyl (C=O) groups is 1. The molecule has 0 aliphatic carbocycles. The summed E-state index contributed by atoms with van der Waals surface area (Å²) in [6.07, 6.45) is 3.59. The predicted octanol–water partition coefficient (Wildman–Crippen LogP) is 2.56. The Bertz CT molecular complexity index is 842. The maximum atomic E-state index is 12.4. The van der Waals surface area contributed by atoms with Crippen molar-refractivity contribution in [2.45, 2.75) is 6.61 Å². The fraction of sp³-hybridized carbons (Fsp3) is 0.316. The summed E-state index contributed by atoms with van der Waals surface area (Å²) in [5.41, 5.74) is 2.13. The molecule has 0 spiro atoms. The molecule has 1 aromatic carbocycles. The van der Waals surface area contributed by atoms with Crippen molar-refractivity contribution in [3.8, 4) is 0 Å². The highest BCUT2D eigenvalue weighted by Gasteiger charge is 2.21. The zero-order chi connectivity index (χ0) is 17.8. The molecule has 3 aromatic rings. The molecule has 4 rings (SSSR count). The summed E-state index contributed by atoms with van der Waals surface area (Å²) < 4.78 is 6.75. The molecule has 6 nitrogen and oxygen atoms in total. The molecule has 134 valence electrons. The highest BCUT2D eigenvalue weighted by molar-refractivity contribution is 7.18. The summed E-state index contributed by atoms with van der Waals surface area (Å²) in [4.78, 5) is 25.1. The molecule has 1 fully saturated rings. The molecule has 0 radical (unpaired) electrons. The van der Waals surface area contributed by atoms with E-state index in [2.05, 4.69) is 14.9 Å². The van der Waals surface area contributed by atoms with Crippen LogP contribution in [0.3, 0.4) is 0 Å². The molecule has 1 amide bonds. The van der Waals surface area contributed by atoms with Gasteiger partial charge >= 0.3 is 0 Å². The number of fused-ring (bicyclic) bond motifs is 1. The van der Waals surface area contributed by atoms with Gasteiger partial charge in [-0.15, -0.1) is 11.3 Å². The van der Waals surface area contributed by atoms with Crippen LogP contribution in [0.4, 0.5) is 5.69 Å². The second kappa shape index (κ2) is 7.80. The number of hydrogen-bond donors (Lipinski definition) is 0. The summed E-state index contributed by atoms with van der Waals surface area (Å²) in [5.74, 6) is 0.0421. The molecule has 1 aliphatic heterocycles. The number of rotatable bonds is 5. The van der Waals surface area contributed by atoms with Crippen LogP contribution in [0.1, 0.15) is 5.01 Å². The number of ether oxygens (including phenoxy) is 1. The second-order valence-electron chi connectivity index (χ2n) is 6.14. The van der Waals surface area contributed by atoms with E-state index in [9.17, 15) is 4.79 Å². The van der Waals surface area contributed by atoms with E-state index in [1.807, 2.05) is 41.3 Å². The fourth-order valence-electron chi connectivity index (χ4n) is 3.07. The van der Waals surface area contributed by atoms with Crippen LogP contribution in [0.15, 0.2) is 48.8 Å². The molecule has 0 N–H and O–H groups in total. The number of thiazole rings is 1. The molecule has 2 aromatic heterocycles. The van der Waals surface area contributed by atoms with E-state index < -0.39 is 0 Å². The molecule has 1 saturated heterocycles. The van der Waals surface area contributed by atoms with Crippen LogP contribution in [0.5, 0.6) is 0 Å². The number of piperazine rings is 1. The molecule has 0 atom stereocenters. The number of aromatic nitrogens is 2. The monoisotopic (exact) mass is 368 g/mol. The van der Waals surface area contributed by atoms with Crippen molar-refractivity contribution >= 4 is 33.1 Å². The number of anilines is 1. The van der Waals surface area contributed by atoms with Crippen molar-refractivity contribution in [1.29, 1.82) is 0 Å². The Balaban J connectivity index is 1.24. The summed E-state index contributed by atoms with van der Waals surface area (Å²) in [5, 5.41) is 0.904. The molecular formula is C19H20N4O2S. The quantitative estimate of drug-likeness (QED) is 0.693. The van der Waals surface area contributed by atoms with Crippen molar-refractivity contribution in [3.05, 3.63) is 53.8 Å². The maximum Gasteiger partial charge on any atom is 0.248 e. The largest absolute Gasteiger partial charge is 0.368 e. The second-order valence-corrected chi connectivity index (χ2v) is 7.26.